The summed E-state index contributed by atoms with van der Waals surface area (Å²) in [5, 5.41) is 11.3. The molecule has 35 heavy (non-hydrogen) atoms. The van der Waals surface area contributed by atoms with Crippen molar-refractivity contribution >= 4 is 34.2 Å². The van der Waals surface area contributed by atoms with Gasteiger partial charge in [-0.25, -0.2) is 9.78 Å². The van der Waals surface area contributed by atoms with E-state index in [9.17, 15) is 24.5 Å². The Kier molecular flexibility index (Phi) is 6.49. The number of carbonyl (C=O) groups excluding carboxylic acids is 2. The molecule has 0 fully saturated rings. The summed E-state index contributed by atoms with van der Waals surface area (Å²) in [5.74, 6) is -1.55. The highest BCUT2D eigenvalue weighted by Gasteiger charge is 2.20. The first-order chi connectivity index (χ1) is 16.8. The molecule has 11 nitrogen and oxygen atoms in total. The number of pyridine rings is 2. The molecular formula is C24H21N5O6. The Bertz CT molecular complexity index is 1620. The molecule has 1 aromatic carbocycles. The fourth-order valence-corrected chi connectivity index (χ4v) is 3.71. The number of nitro groups is 1. The molecule has 0 aliphatic carbocycles. The third-order valence-corrected chi connectivity index (χ3v) is 5.24. The van der Waals surface area contributed by atoms with Crippen molar-refractivity contribution in [3.8, 4) is 0 Å². The maximum atomic E-state index is 13.2. The van der Waals surface area contributed by atoms with Crippen LogP contribution in [0.25, 0.3) is 16.7 Å². The Morgan fingerprint density at radius 1 is 1.14 bits per heavy atom. The Hall–Kier alpha value is -4.67. The molecule has 1 amide bonds. The van der Waals surface area contributed by atoms with Gasteiger partial charge in [-0.3, -0.25) is 24.1 Å². The minimum atomic E-state index is -0.791. The highest BCUT2D eigenvalue weighted by atomic mass is 16.6. The van der Waals surface area contributed by atoms with Gasteiger partial charge in [0.25, 0.3) is 17.2 Å². The minimum Gasteiger partial charge on any atom is -0.462 e. The molecule has 0 aliphatic rings. The van der Waals surface area contributed by atoms with Gasteiger partial charge in [0.2, 0.25) is 0 Å². The molecule has 11 heteroatoms. The van der Waals surface area contributed by atoms with Crippen molar-refractivity contribution < 1.29 is 19.2 Å². The number of amides is 1. The van der Waals surface area contributed by atoms with E-state index in [0.29, 0.717) is 18.6 Å². The first kappa shape index (κ1) is 23.5. The number of nitro benzene ring substituents is 1. The summed E-state index contributed by atoms with van der Waals surface area (Å²) in [4.78, 5) is 58.4. The summed E-state index contributed by atoms with van der Waals surface area (Å²) in [6.07, 6.45) is 2.15. The molecule has 0 N–H and O–H groups in total. The van der Waals surface area contributed by atoms with Gasteiger partial charge in [0.05, 0.1) is 16.9 Å². The number of hydrogen-bond acceptors (Lipinski definition) is 7. The van der Waals surface area contributed by atoms with Gasteiger partial charge in [0.1, 0.15) is 16.9 Å². The normalized spacial score (nSPS) is 11.7. The van der Waals surface area contributed by atoms with Crippen LogP contribution in [0, 0.1) is 10.1 Å². The maximum Gasteiger partial charge on any atom is 0.341 e. The van der Waals surface area contributed by atoms with Gasteiger partial charge < -0.3 is 9.30 Å². The number of aromatic nitrogens is 3. The first-order valence-electron chi connectivity index (χ1n) is 10.9. The smallest absolute Gasteiger partial charge is 0.341 e. The average molecular weight is 475 g/mol. The molecule has 178 valence electrons. The van der Waals surface area contributed by atoms with Gasteiger partial charge in [-0.2, -0.15) is 4.99 Å². The Labute approximate surface area is 198 Å². The molecule has 0 saturated carbocycles. The van der Waals surface area contributed by atoms with Crippen LogP contribution in [0.1, 0.15) is 41.0 Å². The van der Waals surface area contributed by atoms with E-state index in [1.54, 1.807) is 31.3 Å². The highest BCUT2D eigenvalue weighted by Crippen LogP contribution is 2.15. The van der Waals surface area contributed by atoms with E-state index < -0.39 is 22.4 Å². The van der Waals surface area contributed by atoms with Crippen LogP contribution in [-0.2, 0) is 11.3 Å². The summed E-state index contributed by atoms with van der Waals surface area (Å²) >= 11 is 0. The summed E-state index contributed by atoms with van der Waals surface area (Å²) in [5.41, 5.74) is -0.168. The molecule has 0 unspecified atom stereocenters. The number of ether oxygens (including phenoxy) is 1. The molecule has 0 atom stereocenters. The quantitative estimate of drug-likeness (QED) is 0.181. The third kappa shape index (κ3) is 4.43. The van der Waals surface area contributed by atoms with Crippen LogP contribution in [-0.4, -0.2) is 37.4 Å². The molecule has 0 radical (unpaired) electrons. The van der Waals surface area contributed by atoms with Crippen LogP contribution < -0.4 is 11.0 Å². The Morgan fingerprint density at radius 3 is 2.66 bits per heavy atom. The zero-order chi connectivity index (χ0) is 25.1. The molecule has 3 aromatic heterocycles. The topological polar surface area (TPSA) is 138 Å². The monoisotopic (exact) mass is 475 g/mol. The van der Waals surface area contributed by atoms with Crippen LogP contribution in [0.3, 0.4) is 0 Å². The molecular weight excluding hydrogens is 454 g/mol. The molecule has 4 aromatic rings. The van der Waals surface area contributed by atoms with Gasteiger partial charge in [0, 0.05) is 30.4 Å². The molecule has 0 saturated heterocycles. The van der Waals surface area contributed by atoms with E-state index in [1.807, 2.05) is 6.92 Å². The van der Waals surface area contributed by atoms with Gasteiger partial charge >= 0.3 is 5.97 Å². The summed E-state index contributed by atoms with van der Waals surface area (Å²) in [6, 6.07) is 11.6. The molecule has 3 heterocycles. The van der Waals surface area contributed by atoms with E-state index in [1.165, 1.54) is 33.2 Å². The zero-order valence-electron chi connectivity index (χ0n) is 19.0. The molecule has 0 bridgehead atoms. The van der Waals surface area contributed by atoms with Gasteiger partial charge in [-0.1, -0.05) is 19.1 Å². The second-order valence-electron chi connectivity index (χ2n) is 7.56. The fraction of sp³-hybridized carbons (Fsp3) is 0.208. The average Bonchev–Trinajstić information content (AvgIpc) is 2.85. The first-order valence-corrected chi connectivity index (χ1v) is 10.9. The SMILES string of the molecule is CCCn1c(=NC(=O)c2cccc([N+](=O)[O-])c2)c(C(=O)OCC)cc2c(=O)n3ccccc3nc21. The number of aryl methyl sites for hydroxylation is 1. The largest absolute Gasteiger partial charge is 0.462 e. The second kappa shape index (κ2) is 9.67. The lowest BCUT2D eigenvalue weighted by Crippen LogP contribution is -2.32. The van der Waals surface area contributed by atoms with E-state index in [4.69, 9.17) is 4.74 Å². The predicted molar refractivity (Wildman–Crippen MR) is 126 cm³/mol. The zero-order valence-corrected chi connectivity index (χ0v) is 19.0. The summed E-state index contributed by atoms with van der Waals surface area (Å²) in [6.45, 7) is 3.88. The van der Waals surface area contributed by atoms with Crippen molar-refractivity contribution in [2.75, 3.05) is 6.61 Å². The van der Waals surface area contributed by atoms with Crippen LogP contribution in [0.15, 0.2) is 64.5 Å². The van der Waals surface area contributed by atoms with E-state index in [2.05, 4.69) is 9.98 Å². The summed E-state index contributed by atoms with van der Waals surface area (Å²) in [7, 11) is 0. The second-order valence-corrected chi connectivity index (χ2v) is 7.56. The van der Waals surface area contributed by atoms with Crippen LogP contribution in [0.5, 0.6) is 0 Å². The lowest BCUT2D eigenvalue weighted by Gasteiger charge is -2.14. The number of rotatable bonds is 6. The van der Waals surface area contributed by atoms with E-state index >= 15 is 0 Å². The lowest BCUT2D eigenvalue weighted by molar-refractivity contribution is -0.384. The Balaban J connectivity index is 2.09. The fourth-order valence-electron chi connectivity index (χ4n) is 3.71. The highest BCUT2D eigenvalue weighted by molar-refractivity contribution is 5.97. The van der Waals surface area contributed by atoms with Crippen molar-refractivity contribution in [2.24, 2.45) is 4.99 Å². The number of nitrogens with zero attached hydrogens (tertiary/aromatic N) is 5. The number of fused-ring (bicyclic) bond motifs is 2. The minimum absolute atomic E-state index is 0.0244. The molecule has 0 spiro atoms. The number of benzene rings is 1. The van der Waals surface area contributed by atoms with Crippen molar-refractivity contribution in [3.63, 3.8) is 0 Å². The number of esters is 1. The lowest BCUT2D eigenvalue weighted by atomic mass is 10.2. The Morgan fingerprint density at radius 2 is 1.94 bits per heavy atom. The standard InChI is InChI=1S/C24H21N5O6/c1-3-11-28-20-17(23(31)27-12-6-5-10-19(27)25-20)14-18(24(32)35-4-2)21(28)26-22(30)15-8-7-9-16(13-15)29(33)34/h5-10,12-14H,3-4,11H2,1-2H3. The number of carbonyl (C=O) groups is 2. The van der Waals surface area contributed by atoms with E-state index in [-0.39, 0.29) is 39.9 Å². The van der Waals surface area contributed by atoms with Gasteiger partial charge in [-0.15, -0.1) is 0 Å². The van der Waals surface area contributed by atoms with Crippen LogP contribution >= 0.6 is 0 Å². The number of non-ortho nitro benzene ring substituents is 1. The third-order valence-electron chi connectivity index (χ3n) is 5.24. The molecule has 4 rings (SSSR count). The molecule has 0 aliphatic heterocycles. The van der Waals surface area contributed by atoms with Crippen molar-refractivity contribution in [3.05, 3.63) is 91.8 Å². The maximum absolute atomic E-state index is 13.2. The van der Waals surface area contributed by atoms with Gasteiger partial charge in [-0.05, 0) is 37.6 Å². The number of hydrogen-bond donors (Lipinski definition) is 0. The van der Waals surface area contributed by atoms with E-state index in [0.717, 1.165) is 6.07 Å². The van der Waals surface area contributed by atoms with Crippen LogP contribution in [0.4, 0.5) is 5.69 Å². The van der Waals surface area contributed by atoms with Crippen molar-refractivity contribution in [2.45, 2.75) is 26.8 Å². The van der Waals surface area contributed by atoms with Crippen molar-refractivity contribution in [1.82, 2.24) is 14.0 Å². The predicted octanol–water partition coefficient (Wildman–Crippen LogP) is 2.89. The van der Waals surface area contributed by atoms with Gasteiger partial charge in [0.15, 0.2) is 5.49 Å². The van der Waals surface area contributed by atoms with Crippen LogP contribution in [0.2, 0.25) is 0 Å². The summed E-state index contributed by atoms with van der Waals surface area (Å²) < 4.78 is 8.07. The van der Waals surface area contributed by atoms with Crippen molar-refractivity contribution in [1.29, 1.82) is 0 Å².